The molecule has 0 unspecified atom stereocenters. The Morgan fingerprint density at radius 2 is 1.75 bits per heavy atom. The summed E-state index contributed by atoms with van der Waals surface area (Å²) in [5.41, 5.74) is 7.41. The van der Waals surface area contributed by atoms with Crippen molar-refractivity contribution in [3.8, 4) is 5.75 Å². The van der Waals surface area contributed by atoms with E-state index in [4.69, 9.17) is 19.7 Å². The van der Waals surface area contributed by atoms with Gasteiger partial charge in [-0.15, -0.1) is 0 Å². The minimum absolute atomic E-state index is 0.501. The molecule has 0 radical (unpaired) electrons. The van der Waals surface area contributed by atoms with E-state index in [9.17, 15) is 0 Å². The molecule has 16 heavy (non-hydrogen) atoms. The Morgan fingerprint density at radius 1 is 1.06 bits per heavy atom. The highest BCUT2D eigenvalue weighted by Gasteiger charge is 1.94. The first-order valence-corrected chi connectivity index (χ1v) is 5.04. The third-order valence-corrected chi connectivity index (χ3v) is 1.89. The summed E-state index contributed by atoms with van der Waals surface area (Å²) in [7, 11) is 1.64. The molecular weight excluding hydrogens is 208 g/mol. The number of nitrogens with one attached hydrogen (secondary N) is 1. The van der Waals surface area contributed by atoms with Gasteiger partial charge in [-0.2, -0.15) is 5.11 Å². The average Bonchev–Trinajstić information content (AvgIpc) is 2.34. The van der Waals surface area contributed by atoms with E-state index in [1.165, 1.54) is 0 Å². The maximum atomic E-state index is 6.80. The molecule has 0 spiro atoms. The standard InChI is InChI=1S/C11H16N2O3/c1-14-6-7-15-8-9-16-11-4-2-10(13-12)3-5-11/h2-5,12H,6-9H2,1H3. The third kappa shape index (κ3) is 4.86. The second-order valence-electron chi connectivity index (χ2n) is 3.06. The summed E-state index contributed by atoms with van der Waals surface area (Å²) in [6, 6.07) is 7.02. The van der Waals surface area contributed by atoms with Gasteiger partial charge in [-0.25, -0.2) is 5.53 Å². The quantitative estimate of drug-likeness (QED) is 0.544. The lowest BCUT2D eigenvalue weighted by molar-refractivity contribution is 0.0544. The second kappa shape index (κ2) is 7.78. The molecule has 0 heterocycles. The lowest BCUT2D eigenvalue weighted by Gasteiger charge is -2.06. The highest BCUT2D eigenvalue weighted by molar-refractivity contribution is 5.40. The van der Waals surface area contributed by atoms with Gasteiger partial charge in [-0.1, -0.05) is 0 Å². The van der Waals surface area contributed by atoms with Gasteiger partial charge in [-0.3, -0.25) is 0 Å². The fraction of sp³-hybridized carbons (Fsp3) is 0.455. The van der Waals surface area contributed by atoms with Gasteiger partial charge in [0.1, 0.15) is 12.4 Å². The van der Waals surface area contributed by atoms with E-state index in [-0.39, 0.29) is 0 Å². The van der Waals surface area contributed by atoms with E-state index in [1.54, 1.807) is 31.4 Å². The van der Waals surface area contributed by atoms with Crippen LogP contribution in [0.1, 0.15) is 0 Å². The lowest BCUT2D eigenvalue weighted by Crippen LogP contribution is -2.09. The van der Waals surface area contributed by atoms with E-state index in [0.29, 0.717) is 32.1 Å². The molecule has 0 atom stereocenters. The van der Waals surface area contributed by atoms with Crippen LogP contribution in [0.2, 0.25) is 0 Å². The zero-order chi connectivity index (χ0) is 11.6. The fourth-order valence-corrected chi connectivity index (χ4v) is 1.08. The molecule has 0 amide bonds. The van der Waals surface area contributed by atoms with E-state index in [1.807, 2.05) is 0 Å². The van der Waals surface area contributed by atoms with Crippen LogP contribution in [-0.4, -0.2) is 33.5 Å². The number of hydrogen-bond donors (Lipinski definition) is 1. The maximum Gasteiger partial charge on any atom is 0.119 e. The Bertz CT molecular complexity index is 301. The predicted molar refractivity (Wildman–Crippen MR) is 59.4 cm³/mol. The van der Waals surface area contributed by atoms with Crippen molar-refractivity contribution in [1.29, 1.82) is 5.53 Å². The van der Waals surface area contributed by atoms with Crippen molar-refractivity contribution in [2.75, 3.05) is 33.5 Å². The van der Waals surface area contributed by atoms with Crippen molar-refractivity contribution in [1.82, 2.24) is 0 Å². The summed E-state index contributed by atoms with van der Waals surface area (Å²) in [5, 5.41) is 3.30. The number of nitrogens with zero attached hydrogens (tertiary/aromatic N) is 1. The highest BCUT2D eigenvalue weighted by Crippen LogP contribution is 2.17. The van der Waals surface area contributed by atoms with E-state index in [2.05, 4.69) is 5.11 Å². The molecule has 1 rings (SSSR count). The Labute approximate surface area is 94.8 Å². The summed E-state index contributed by atoms with van der Waals surface area (Å²) in [5.74, 6) is 0.753. The summed E-state index contributed by atoms with van der Waals surface area (Å²) < 4.78 is 15.5. The largest absolute Gasteiger partial charge is 0.491 e. The van der Waals surface area contributed by atoms with E-state index in [0.717, 1.165) is 5.75 Å². The van der Waals surface area contributed by atoms with Crippen LogP contribution in [0.4, 0.5) is 5.69 Å². The number of methoxy groups -OCH3 is 1. The molecule has 0 saturated heterocycles. The molecular formula is C11H16N2O3. The highest BCUT2D eigenvalue weighted by atomic mass is 16.5. The molecule has 0 aromatic heterocycles. The van der Waals surface area contributed by atoms with Crippen LogP contribution in [0.15, 0.2) is 29.4 Å². The smallest absolute Gasteiger partial charge is 0.119 e. The Balaban J connectivity index is 2.14. The lowest BCUT2D eigenvalue weighted by atomic mass is 10.3. The minimum atomic E-state index is 0.501. The topological polar surface area (TPSA) is 63.9 Å². The minimum Gasteiger partial charge on any atom is -0.491 e. The van der Waals surface area contributed by atoms with Crippen LogP contribution >= 0.6 is 0 Å². The molecule has 0 saturated carbocycles. The molecule has 0 fully saturated rings. The van der Waals surface area contributed by atoms with Crippen molar-refractivity contribution < 1.29 is 14.2 Å². The molecule has 1 aromatic carbocycles. The summed E-state index contributed by atoms with van der Waals surface area (Å²) >= 11 is 0. The molecule has 1 aromatic rings. The van der Waals surface area contributed by atoms with Gasteiger partial charge in [0.05, 0.1) is 25.5 Å². The van der Waals surface area contributed by atoms with E-state index >= 15 is 0 Å². The van der Waals surface area contributed by atoms with Gasteiger partial charge in [0.15, 0.2) is 0 Å². The Hall–Kier alpha value is -1.46. The first-order valence-electron chi connectivity index (χ1n) is 5.04. The molecule has 0 aliphatic heterocycles. The number of ether oxygens (including phenoxy) is 3. The third-order valence-electron chi connectivity index (χ3n) is 1.89. The van der Waals surface area contributed by atoms with Crippen molar-refractivity contribution in [3.05, 3.63) is 24.3 Å². The molecule has 0 aliphatic rings. The summed E-state index contributed by atoms with van der Waals surface area (Å²) in [6.45, 7) is 2.21. The van der Waals surface area contributed by atoms with Crippen molar-refractivity contribution in [2.24, 2.45) is 5.11 Å². The van der Waals surface area contributed by atoms with Crippen LogP contribution in [0.25, 0.3) is 0 Å². The zero-order valence-corrected chi connectivity index (χ0v) is 9.31. The summed E-state index contributed by atoms with van der Waals surface area (Å²) in [6.07, 6.45) is 0. The first-order chi connectivity index (χ1) is 7.86. The predicted octanol–water partition coefficient (Wildman–Crippen LogP) is 2.39. The van der Waals surface area contributed by atoms with Crippen LogP contribution in [-0.2, 0) is 9.47 Å². The Morgan fingerprint density at radius 3 is 2.38 bits per heavy atom. The van der Waals surface area contributed by atoms with Crippen LogP contribution in [0, 0.1) is 5.53 Å². The maximum absolute atomic E-state index is 6.80. The molecule has 5 nitrogen and oxygen atoms in total. The van der Waals surface area contributed by atoms with Crippen molar-refractivity contribution in [3.63, 3.8) is 0 Å². The van der Waals surface area contributed by atoms with Gasteiger partial charge in [0.2, 0.25) is 0 Å². The van der Waals surface area contributed by atoms with Gasteiger partial charge in [0, 0.05) is 7.11 Å². The monoisotopic (exact) mass is 224 g/mol. The van der Waals surface area contributed by atoms with Crippen LogP contribution in [0.3, 0.4) is 0 Å². The van der Waals surface area contributed by atoms with Crippen LogP contribution in [0.5, 0.6) is 5.75 Å². The number of hydrogen-bond acceptors (Lipinski definition) is 5. The Kier molecular flexibility index (Phi) is 6.13. The molecule has 0 bridgehead atoms. The SMILES string of the molecule is COCCOCCOc1ccc(N=N)cc1. The number of rotatable bonds is 8. The average molecular weight is 224 g/mol. The van der Waals surface area contributed by atoms with Crippen LogP contribution < -0.4 is 4.74 Å². The van der Waals surface area contributed by atoms with Gasteiger partial charge >= 0.3 is 0 Å². The molecule has 1 N–H and O–H groups in total. The van der Waals surface area contributed by atoms with Crippen molar-refractivity contribution in [2.45, 2.75) is 0 Å². The molecule has 88 valence electrons. The van der Waals surface area contributed by atoms with E-state index < -0.39 is 0 Å². The first kappa shape index (κ1) is 12.6. The molecule has 5 heteroatoms. The fourth-order valence-electron chi connectivity index (χ4n) is 1.08. The number of benzene rings is 1. The molecule has 0 aliphatic carbocycles. The van der Waals surface area contributed by atoms with Gasteiger partial charge in [-0.05, 0) is 24.3 Å². The van der Waals surface area contributed by atoms with Gasteiger partial charge < -0.3 is 14.2 Å². The zero-order valence-electron chi connectivity index (χ0n) is 9.31. The van der Waals surface area contributed by atoms with Gasteiger partial charge in [0.25, 0.3) is 0 Å². The normalized spacial score (nSPS) is 10.1. The summed E-state index contributed by atoms with van der Waals surface area (Å²) in [4.78, 5) is 0. The van der Waals surface area contributed by atoms with Crippen molar-refractivity contribution >= 4 is 5.69 Å². The second-order valence-corrected chi connectivity index (χ2v) is 3.06.